The first-order chi connectivity index (χ1) is 10.1. The molecule has 0 radical (unpaired) electrons. The van der Waals surface area contributed by atoms with E-state index in [1.807, 2.05) is 6.92 Å². The number of carbonyl (C=O) groups is 2. The second-order valence-electron chi connectivity index (χ2n) is 5.58. The number of aliphatic carboxylic acids is 1. The van der Waals surface area contributed by atoms with E-state index < -0.39 is 11.4 Å². The summed E-state index contributed by atoms with van der Waals surface area (Å²) in [5, 5.41) is 21.4. The fraction of sp³-hybridized carbons (Fsp3) is 0.714. The van der Waals surface area contributed by atoms with Crippen LogP contribution in [0.3, 0.4) is 0 Å². The maximum Gasteiger partial charge on any atom is 0.310 e. The monoisotopic (exact) mass is 311 g/mol. The summed E-state index contributed by atoms with van der Waals surface area (Å²) >= 11 is 1.33. The van der Waals surface area contributed by atoms with Gasteiger partial charge in [-0.05, 0) is 19.3 Å². The number of nitrogens with zero attached hydrogens (tertiary/aromatic N) is 2. The molecule has 1 fully saturated rings. The van der Waals surface area contributed by atoms with Crippen LogP contribution in [0, 0.1) is 5.41 Å². The van der Waals surface area contributed by atoms with Gasteiger partial charge in [0.1, 0.15) is 5.01 Å². The summed E-state index contributed by atoms with van der Waals surface area (Å²) in [6.45, 7) is 1.97. The molecule has 7 heteroatoms. The molecule has 0 bridgehead atoms. The van der Waals surface area contributed by atoms with E-state index in [1.165, 1.54) is 11.3 Å². The predicted molar refractivity (Wildman–Crippen MR) is 80.3 cm³/mol. The van der Waals surface area contributed by atoms with Crippen molar-refractivity contribution in [1.29, 1.82) is 0 Å². The molecule has 1 aliphatic rings. The first kappa shape index (κ1) is 15.9. The van der Waals surface area contributed by atoms with Crippen molar-refractivity contribution in [2.75, 3.05) is 5.32 Å². The molecule has 0 unspecified atom stereocenters. The Kier molecular flexibility index (Phi) is 5.27. The summed E-state index contributed by atoms with van der Waals surface area (Å²) in [6, 6.07) is 0. The minimum atomic E-state index is -0.918. The Hall–Kier alpha value is -1.50. The second-order valence-corrected chi connectivity index (χ2v) is 6.64. The highest BCUT2D eigenvalue weighted by Gasteiger charge is 2.40. The van der Waals surface area contributed by atoms with Crippen molar-refractivity contribution in [3.05, 3.63) is 5.01 Å². The highest BCUT2D eigenvalue weighted by atomic mass is 32.1. The highest BCUT2D eigenvalue weighted by Crippen LogP contribution is 2.38. The van der Waals surface area contributed by atoms with Crippen molar-refractivity contribution in [3.63, 3.8) is 0 Å². The molecular weight excluding hydrogens is 290 g/mol. The van der Waals surface area contributed by atoms with Crippen molar-refractivity contribution in [2.24, 2.45) is 5.41 Å². The number of carbonyl (C=O) groups excluding carboxylic acids is 1. The average Bonchev–Trinajstić information content (AvgIpc) is 2.75. The van der Waals surface area contributed by atoms with Crippen LogP contribution in [-0.2, 0) is 16.0 Å². The maximum absolute atomic E-state index is 12.2. The molecule has 0 saturated heterocycles. The van der Waals surface area contributed by atoms with Crippen LogP contribution in [0.4, 0.5) is 5.13 Å². The lowest BCUT2D eigenvalue weighted by atomic mass is 9.77. The minimum Gasteiger partial charge on any atom is -0.481 e. The van der Waals surface area contributed by atoms with Gasteiger partial charge in [-0.15, -0.1) is 10.2 Å². The third-order valence-electron chi connectivity index (χ3n) is 4.03. The number of rotatable bonds is 5. The molecule has 116 valence electrons. The highest BCUT2D eigenvalue weighted by molar-refractivity contribution is 7.15. The van der Waals surface area contributed by atoms with Gasteiger partial charge < -0.3 is 10.4 Å². The third-order valence-corrected chi connectivity index (χ3v) is 5.01. The molecule has 0 aromatic carbocycles. The van der Waals surface area contributed by atoms with Gasteiger partial charge in [-0.2, -0.15) is 0 Å². The van der Waals surface area contributed by atoms with Crippen LogP contribution in [0.1, 0.15) is 56.9 Å². The third kappa shape index (κ3) is 4.00. The van der Waals surface area contributed by atoms with Crippen molar-refractivity contribution in [2.45, 2.75) is 58.3 Å². The van der Waals surface area contributed by atoms with E-state index in [0.717, 1.165) is 37.1 Å². The number of anilines is 1. The van der Waals surface area contributed by atoms with Gasteiger partial charge in [-0.3, -0.25) is 9.59 Å². The number of hydrogen-bond acceptors (Lipinski definition) is 5. The summed E-state index contributed by atoms with van der Waals surface area (Å²) in [5.74, 6) is -1.14. The van der Waals surface area contributed by atoms with Gasteiger partial charge in [-0.25, -0.2) is 0 Å². The number of carboxylic acids is 1. The first-order valence-corrected chi connectivity index (χ1v) is 8.23. The van der Waals surface area contributed by atoms with Crippen LogP contribution < -0.4 is 5.32 Å². The summed E-state index contributed by atoms with van der Waals surface area (Å²) in [6.07, 6.45) is 5.78. The molecular formula is C14H21N3O3S. The molecule has 0 spiro atoms. The number of carboxylic acid groups (broad SMARTS) is 1. The van der Waals surface area contributed by atoms with Gasteiger partial charge >= 0.3 is 5.97 Å². The quantitative estimate of drug-likeness (QED) is 0.816. The van der Waals surface area contributed by atoms with Gasteiger partial charge in [0, 0.05) is 6.42 Å². The van der Waals surface area contributed by atoms with Crippen LogP contribution in [0.5, 0.6) is 0 Å². The number of amides is 1. The number of nitrogens with one attached hydrogen (secondary N) is 1. The van der Waals surface area contributed by atoms with Gasteiger partial charge in [0.15, 0.2) is 0 Å². The molecule has 1 heterocycles. The van der Waals surface area contributed by atoms with Crippen LogP contribution >= 0.6 is 11.3 Å². The van der Waals surface area contributed by atoms with E-state index in [1.54, 1.807) is 0 Å². The minimum absolute atomic E-state index is 0.0172. The Morgan fingerprint density at radius 1 is 1.24 bits per heavy atom. The predicted octanol–water partition coefficient (Wildman–Crippen LogP) is 2.85. The molecule has 21 heavy (non-hydrogen) atoms. The molecule has 2 rings (SSSR count). The molecule has 1 aliphatic carbocycles. The van der Waals surface area contributed by atoms with Gasteiger partial charge in [0.25, 0.3) is 0 Å². The average molecular weight is 311 g/mol. The van der Waals surface area contributed by atoms with E-state index in [2.05, 4.69) is 15.5 Å². The van der Waals surface area contributed by atoms with E-state index >= 15 is 0 Å². The largest absolute Gasteiger partial charge is 0.481 e. The molecule has 2 N–H and O–H groups in total. The van der Waals surface area contributed by atoms with Crippen molar-refractivity contribution in [1.82, 2.24) is 10.2 Å². The van der Waals surface area contributed by atoms with E-state index in [0.29, 0.717) is 18.0 Å². The van der Waals surface area contributed by atoms with Crippen molar-refractivity contribution >= 4 is 28.3 Å². The van der Waals surface area contributed by atoms with Crippen molar-refractivity contribution in [3.8, 4) is 0 Å². The van der Waals surface area contributed by atoms with Crippen LogP contribution in [-0.4, -0.2) is 27.2 Å². The Morgan fingerprint density at radius 2 is 1.90 bits per heavy atom. The lowest BCUT2D eigenvalue weighted by Gasteiger charge is -2.26. The molecule has 6 nitrogen and oxygen atoms in total. The Balaban J connectivity index is 2.02. The second kappa shape index (κ2) is 6.98. The molecule has 1 saturated carbocycles. The Morgan fingerprint density at radius 3 is 2.43 bits per heavy atom. The summed E-state index contributed by atoms with van der Waals surface area (Å²) in [7, 11) is 0. The van der Waals surface area contributed by atoms with E-state index in [-0.39, 0.29) is 12.3 Å². The normalized spacial score (nSPS) is 18.0. The fourth-order valence-electron chi connectivity index (χ4n) is 2.79. The van der Waals surface area contributed by atoms with E-state index in [9.17, 15) is 14.7 Å². The lowest BCUT2D eigenvalue weighted by molar-refractivity contribution is -0.152. The van der Waals surface area contributed by atoms with E-state index in [4.69, 9.17) is 0 Å². The lowest BCUT2D eigenvalue weighted by Crippen LogP contribution is -2.35. The standard InChI is InChI=1S/C14H21N3O3S/c1-2-11-16-17-13(21-11)15-10(18)9-14(12(19)20)7-5-3-4-6-8-14/h2-9H2,1H3,(H,19,20)(H,15,17,18). The zero-order valence-electron chi connectivity index (χ0n) is 12.2. The summed E-state index contributed by atoms with van der Waals surface area (Å²) < 4.78 is 0. The van der Waals surface area contributed by atoms with Gasteiger partial charge in [0.05, 0.1) is 5.41 Å². The zero-order valence-corrected chi connectivity index (χ0v) is 13.0. The SMILES string of the molecule is CCc1nnc(NC(=O)CC2(C(=O)O)CCCCCC2)s1. The summed E-state index contributed by atoms with van der Waals surface area (Å²) in [4.78, 5) is 23.8. The Labute approximate surface area is 128 Å². The molecule has 1 amide bonds. The topological polar surface area (TPSA) is 92.2 Å². The fourth-order valence-corrected chi connectivity index (χ4v) is 3.49. The van der Waals surface area contributed by atoms with Crippen LogP contribution in [0.2, 0.25) is 0 Å². The molecule has 1 aromatic rings. The zero-order chi connectivity index (χ0) is 15.3. The summed E-state index contributed by atoms with van der Waals surface area (Å²) in [5.41, 5.74) is -0.918. The maximum atomic E-state index is 12.2. The molecule has 0 atom stereocenters. The smallest absolute Gasteiger partial charge is 0.310 e. The van der Waals surface area contributed by atoms with Crippen molar-refractivity contribution < 1.29 is 14.7 Å². The molecule has 0 aliphatic heterocycles. The van der Waals surface area contributed by atoms with Crippen LogP contribution in [0.15, 0.2) is 0 Å². The molecule has 1 aromatic heterocycles. The van der Waals surface area contributed by atoms with Gasteiger partial charge in [-0.1, -0.05) is 43.9 Å². The number of hydrogen-bond donors (Lipinski definition) is 2. The van der Waals surface area contributed by atoms with Gasteiger partial charge in [0.2, 0.25) is 11.0 Å². The Bertz CT molecular complexity index is 507. The van der Waals surface area contributed by atoms with Crippen LogP contribution in [0.25, 0.3) is 0 Å². The number of aromatic nitrogens is 2. The number of aryl methyl sites for hydroxylation is 1. The first-order valence-electron chi connectivity index (χ1n) is 7.41.